The average molecular weight is 235 g/mol. The summed E-state index contributed by atoms with van der Waals surface area (Å²) in [6, 6.07) is 7.34. The lowest BCUT2D eigenvalue weighted by Crippen LogP contribution is -1.97. The Hall–Kier alpha value is -2.08. The third-order valence-electron chi connectivity index (χ3n) is 2.10. The second kappa shape index (κ2) is 5.31. The lowest BCUT2D eigenvalue weighted by atomic mass is 10.3. The monoisotopic (exact) mass is 235 g/mol. The van der Waals surface area contributed by atoms with Gasteiger partial charge in [0.15, 0.2) is 18.1 Å². The largest absolute Gasteiger partial charge is 0.493 e. The van der Waals surface area contributed by atoms with E-state index in [4.69, 9.17) is 19.6 Å². The summed E-state index contributed by atoms with van der Waals surface area (Å²) < 4.78 is 15.9. The molecule has 0 saturated heterocycles. The van der Waals surface area contributed by atoms with Crippen LogP contribution in [0, 0.1) is 0 Å². The minimum atomic E-state index is 0.188. The molecule has 0 bridgehead atoms. The molecule has 6 heteroatoms. The van der Waals surface area contributed by atoms with Crippen LogP contribution in [0.4, 0.5) is 0 Å². The highest BCUT2D eigenvalue weighted by molar-refractivity contribution is 5.39. The summed E-state index contributed by atoms with van der Waals surface area (Å²) in [5.41, 5.74) is 5.36. The Balaban J connectivity index is 2.01. The standard InChI is InChI=1S/C11H13N3O3/c1-15-8-4-2-3-5-9(8)16-7-11-14-13-10(6-12)17-11/h2-5H,6-7,12H2,1H3. The smallest absolute Gasteiger partial charge is 0.253 e. The average Bonchev–Trinajstić information content (AvgIpc) is 2.84. The summed E-state index contributed by atoms with van der Waals surface area (Å²) in [5, 5.41) is 7.53. The summed E-state index contributed by atoms with van der Waals surface area (Å²) in [7, 11) is 1.58. The van der Waals surface area contributed by atoms with Gasteiger partial charge in [0.05, 0.1) is 13.7 Å². The van der Waals surface area contributed by atoms with Crippen LogP contribution >= 0.6 is 0 Å². The van der Waals surface area contributed by atoms with E-state index in [1.54, 1.807) is 13.2 Å². The Kier molecular flexibility index (Phi) is 3.56. The van der Waals surface area contributed by atoms with E-state index >= 15 is 0 Å². The van der Waals surface area contributed by atoms with Gasteiger partial charge in [0.2, 0.25) is 5.89 Å². The molecule has 0 amide bonds. The number of aromatic nitrogens is 2. The lowest BCUT2D eigenvalue weighted by Gasteiger charge is -2.07. The van der Waals surface area contributed by atoms with Crippen molar-refractivity contribution in [3.8, 4) is 11.5 Å². The number of hydrogen-bond donors (Lipinski definition) is 1. The molecule has 0 aliphatic carbocycles. The van der Waals surface area contributed by atoms with Crippen LogP contribution in [0.5, 0.6) is 11.5 Å². The van der Waals surface area contributed by atoms with Crippen LogP contribution in [0.3, 0.4) is 0 Å². The van der Waals surface area contributed by atoms with Crippen molar-refractivity contribution in [1.29, 1.82) is 0 Å². The van der Waals surface area contributed by atoms with Crippen molar-refractivity contribution in [2.24, 2.45) is 5.73 Å². The second-order valence-electron chi connectivity index (χ2n) is 3.23. The van der Waals surface area contributed by atoms with Crippen LogP contribution in [0.1, 0.15) is 11.8 Å². The first-order valence-corrected chi connectivity index (χ1v) is 5.10. The Morgan fingerprint density at radius 1 is 1.18 bits per heavy atom. The summed E-state index contributed by atoms with van der Waals surface area (Å²) in [6.07, 6.45) is 0. The predicted octanol–water partition coefficient (Wildman–Crippen LogP) is 1.12. The van der Waals surface area contributed by atoms with Gasteiger partial charge >= 0.3 is 0 Å². The first-order valence-electron chi connectivity index (χ1n) is 5.10. The molecule has 0 unspecified atom stereocenters. The van der Waals surface area contributed by atoms with Crippen molar-refractivity contribution >= 4 is 0 Å². The first kappa shape index (κ1) is 11.4. The number of hydrogen-bond acceptors (Lipinski definition) is 6. The molecule has 0 aliphatic heterocycles. The summed E-state index contributed by atoms with van der Waals surface area (Å²) >= 11 is 0. The highest BCUT2D eigenvalue weighted by Crippen LogP contribution is 2.26. The van der Waals surface area contributed by atoms with Gasteiger partial charge in [-0.25, -0.2) is 0 Å². The number of methoxy groups -OCH3 is 1. The fourth-order valence-electron chi connectivity index (χ4n) is 1.31. The van der Waals surface area contributed by atoms with Crippen molar-refractivity contribution in [3.05, 3.63) is 36.0 Å². The van der Waals surface area contributed by atoms with E-state index in [1.165, 1.54) is 0 Å². The van der Waals surface area contributed by atoms with E-state index in [9.17, 15) is 0 Å². The molecular weight excluding hydrogens is 222 g/mol. The molecule has 0 spiro atoms. The van der Waals surface area contributed by atoms with Crippen molar-refractivity contribution < 1.29 is 13.9 Å². The van der Waals surface area contributed by atoms with Gasteiger partial charge in [-0.05, 0) is 12.1 Å². The molecule has 1 aromatic heterocycles. The van der Waals surface area contributed by atoms with Gasteiger partial charge in [-0.15, -0.1) is 10.2 Å². The third kappa shape index (κ3) is 2.73. The zero-order chi connectivity index (χ0) is 12.1. The minimum Gasteiger partial charge on any atom is -0.493 e. The molecule has 6 nitrogen and oxygen atoms in total. The van der Waals surface area contributed by atoms with E-state index < -0.39 is 0 Å². The Morgan fingerprint density at radius 2 is 1.88 bits per heavy atom. The van der Waals surface area contributed by atoms with E-state index in [0.717, 1.165) is 0 Å². The molecule has 17 heavy (non-hydrogen) atoms. The van der Waals surface area contributed by atoms with Gasteiger partial charge in [-0.3, -0.25) is 0 Å². The number of para-hydroxylation sites is 2. The van der Waals surface area contributed by atoms with Crippen LogP contribution < -0.4 is 15.2 Å². The Morgan fingerprint density at radius 3 is 2.53 bits per heavy atom. The second-order valence-corrected chi connectivity index (χ2v) is 3.23. The maximum absolute atomic E-state index is 5.51. The quantitative estimate of drug-likeness (QED) is 0.835. The highest BCUT2D eigenvalue weighted by Gasteiger charge is 2.07. The maximum Gasteiger partial charge on any atom is 0.253 e. The van der Waals surface area contributed by atoms with Crippen LogP contribution in [-0.2, 0) is 13.2 Å². The maximum atomic E-state index is 5.51. The molecule has 2 aromatic rings. The third-order valence-corrected chi connectivity index (χ3v) is 2.10. The predicted molar refractivity (Wildman–Crippen MR) is 59.5 cm³/mol. The fraction of sp³-hybridized carbons (Fsp3) is 0.273. The molecule has 0 fully saturated rings. The number of ether oxygens (including phenoxy) is 2. The van der Waals surface area contributed by atoms with Gasteiger partial charge in [0.25, 0.3) is 5.89 Å². The number of nitrogens with two attached hydrogens (primary N) is 1. The highest BCUT2D eigenvalue weighted by atomic mass is 16.5. The summed E-state index contributed by atoms with van der Waals surface area (Å²) in [4.78, 5) is 0. The van der Waals surface area contributed by atoms with Gasteiger partial charge < -0.3 is 19.6 Å². The van der Waals surface area contributed by atoms with E-state index in [-0.39, 0.29) is 13.2 Å². The SMILES string of the molecule is COc1ccccc1OCc1nnc(CN)o1. The lowest BCUT2D eigenvalue weighted by molar-refractivity contribution is 0.247. The van der Waals surface area contributed by atoms with Gasteiger partial charge in [-0.2, -0.15) is 0 Å². The molecule has 1 aromatic carbocycles. The zero-order valence-corrected chi connectivity index (χ0v) is 9.42. The molecule has 0 saturated carbocycles. The molecule has 0 aliphatic rings. The van der Waals surface area contributed by atoms with E-state index in [1.807, 2.05) is 18.2 Å². The summed E-state index contributed by atoms with van der Waals surface area (Å²) in [6.45, 7) is 0.412. The molecule has 2 rings (SSSR count). The molecule has 90 valence electrons. The normalized spacial score (nSPS) is 10.2. The Labute approximate surface area is 98.4 Å². The van der Waals surface area contributed by atoms with Crippen LogP contribution in [0.15, 0.2) is 28.7 Å². The molecule has 2 N–H and O–H groups in total. The fourth-order valence-corrected chi connectivity index (χ4v) is 1.31. The Bertz CT molecular complexity index is 484. The van der Waals surface area contributed by atoms with Crippen LogP contribution in [0.25, 0.3) is 0 Å². The van der Waals surface area contributed by atoms with Gasteiger partial charge in [0, 0.05) is 0 Å². The van der Waals surface area contributed by atoms with Crippen LogP contribution in [-0.4, -0.2) is 17.3 Å². The van der Waals surface area contributed by atoms with Crippen molar-refractivity contribution in [2.75, 3.05) is 7.11 Å². The molecule has 0 atom stereocenters. The number of rotatable bonds is 5. The topological polar surface area (TPSA) is 83.4 Å². The first-order chi connectivity index (χ1) is 8.33. The van der Waals surface area contributed by atoms with Gasteiger partial charge in [-0.1, -0.05) is 12.1 Å². The van der Waals surface area contributed by atoms with E-state index in [2.05, 4.69) is 10.2 Å². The number of nitrogens with zero attached hydrogens (tertiary/aromatic N) is 2. The van der Waals surface area contributed by atoms with Crippen molar-refractivity contribution in [2.45, 2.75) is 13.2 Å². The zero-order valence-electron chi connectivity index (χ0n) is 9.42. The number of benzene rings is 1. The molecule has 0 radical (unpaired) electrons. The van der Waals surface area contributed by atoms with Crippen molar-refractivity contribution in [3.63, 3.8) is 0 Å². The van der Waals surface area contributed by atoms with Crippen molar-refractivity contribution in [1.82, 2.24) is 10.2 Å². The van der Waals surface area contributed by atoms with Crippen LogP contribution in [0.2, 0.25) is 0 Å². The minimum absolute atomic E-state index is 0.188. The molecular formula is C11H13N3O3. The van der Waals surface area contributed by atoms with E-state index in [0.29, 0.717) is 23.3 Å². The van der Waals surface area contributed by atoms with Gasteiger partial charge in [0.1, 0.15) is 0 Å². The summed E-state index contributed by atoms with van der Waals surface area (Å²) in [5.74, 6) is 2.06. The molecule has 1 heterocycles.